The highest BCUT2D eigenvalue weighted by Gasteiger charge is 2.22. The van der Waals surface area contributed by atoms with Gasteiger partial charge in [0.25, 0.3) is 0 Å². The van der Waals surface area contributed by atoms with Gasteiger partial charge in [0.2, 0.25) is 5.91 Å². The number of unbranched alkanes of at least 4 members (excludes halogenated alkanes) is 1. The van der Waals surface area contributed by atoms with E-state index < -0.39 is 5.38 Å². The molecule has 0 saturated carbocycles. The highest BCUT2D eigenvalue weighted by atomic mass is 35.5. The van der Waals surface area contributed by atoms with Crippen molar-refractivity contribution in [1.29, 1.82) is 0 Å². The lowest BCUT2D eigenvalue weighted by atomic mass is 9.82. The first-order chi connectivity index (χ1) is 6.95. The predicted molar refractivity (Wildman–Crippen MR) is 66.2 cm³/mol. The molecule has 0 saturated heterocycles. The average molecular weight is 234 g/mol. The molecule has 2 atom stereocenters. The Balaban J connectivity index is 4.02. The van der Waals surface area contributed by atoms with Gasteiger partial charge >= 0.3 is 0 Å². The Hall–Kier alpha value is -0.240. The monoisotopic (exact) mass is 233 g/mol. The summed E-state index contributed by atoms with van der Waals surface area (Å²) < 4.78 is 0. The topological polar surface area (TPSA) is 29.1 Å². The minimum Gasteiger partial charge on any atom is -0.354 e. The molecule has 0 aliphatic heterocycles. The van der Waals surface area contributed by atoms with E-state index >= 15 is 0 Å². The number of carbonyl (C=O) groups is 1. The Bertz CT molecular complexity index is 194. The summed E-state index contributed by atoms with van der Waals surface area (Å²) in [6.45, 7) is 9.02. The summed E-state index contributed by atoms with van der Waals surface area (Å²) in [4.78, 5) is 11.3. The van der Waals surface area contributed by atoms with E-state index in [-0.39, 0.29) is 11.3 Å². The third-order valence-corrected chi connectivity index (χ3v) is 3.24. The molecular weight excluding hydrogens is 210 g/mol. The fraction of sp³-hybridized carbons (Fsp3) is 0.917. The van der Waals surface area contributed by atoms with Crippen molar-refractivity contribution in [3.8, 4) is 0 Å². The number of hydrogen-bond acceptors (Lipinski definition) is 1. The lowest BCUT2D eigenvalue weighted by Crippen LogP contribution is -2.38. The van der Waals surface area contributed by atoms with E-state index in [4.69, 9.17) is 11.6 Å². The highest BCUT2D eigenvalue weighted by molar-refractivity contribution is 6.30. The number of alkyl halides is 1. The highest BCUT2D eigenvalue weighted by Crippen LogP contribution is 2.27. The van der Waals surface area contributed by atoms with Crippen molar-refractivity contribution in [1.82, 2.24) is 5.32 Å². The number of hydrogen-bond donors (Lipinski definition) is 1. The maximum absolute atomic E-state index is 11.3. The molecule has 2 nitrogen and oxygen atoms in total. The molecule has 1 unspecified atom stereocenters. The lowest BCUT2D eigenvalue weighted by molar-refractivity contribution is -0.121. The molecule has 0 heterocycles. The molecule has 1 amide bonds. The van der Waals surface area contributed by atoms with Crippen LogP contribution >= 0.6 is 11.6 Å². The Morgan fingerprint density at radius 2 is 2.07 bits per heavy atom. The zero-order valence-corrected chi connectivity index (χ0v) is 11.2. The molecular formula is C12H24ClNO. The van der Waals surface area contributed by atoms with Gasteiger partial charge in [0.05, 0.1) is 0 Å². The molecule has 0 aromatic heterocycles. The van der Waals surface area contributed by atoms with Crippen LogP contribution in [-0.2, 0) is 4.79 Å². The van der Waals surface area contributed by atoms with Crippen molar-refractivity contribution in [3.63, 3.8) is 0 Å². The predicted octanol–water partition coefficient (Wildman–Crippen LogP) is 3.34. The van der Waals surface area contributed by atoms with Gasteiger partial charge in [0, 0.05) is 6.54 Å². The van der Waals surface area contributed by atoms with Crippen molar-refractivity contribution < 1.29 is 4.79 Å². The van der Waals surface area contributed by atoms with Crippen LogP contribution in [0.2, 0.25) is 0 Å². The minimum absolute atomic E-state index is 0.0622. The maximum Gasteiger partial charge on any atom is 0.237 e. The fourth-order valence-corrected chi connectivity index (χ4v) is 1.51. The van der Waals surface area contributed by atoms with Crippen LogP contribution in [0, 0.1) is 5.41 Å². The van der Waals surface area contributed by atoms with Gasteiger partial charge < -0.3 is 5.32 Å². The summed E-state index contributed by atoms with van der Waals surface area (Å²) in [5.74, 6) is -0.0622. The molecule has 0 fully saturated rings. The molecule has 0 aromatic carbocycles. The molecule has 3 heteroatoms. The van der Waals surface area contributed by atoms with Crippen molar-refractivity contribution in [2.75, 3.05) is 6.54 Å². The van der Waals surface area contributed by atoms with Crippen molar-refractivity contribution >= 4 is 17.5 Å². The quantitative estimate of drug-likeness (QED) is 0.672. The van der Waals surface area contributed by atoms with E-state index in [9.17, 15) is 4.79 Å². The molecule has 0 aromatic rings. The molecule has 0 radical (unpaired) electrons. The van der Waals surface area contributed by atoms with Gasteiger partial charge in [-0.2, -0.15) is 0 Å². The Labute approximate surface area is 98.8 Å². The van der Waals surface area contributed by atoms with Gasteiger partial charge in [0.15, 0.2) is 0 Å². The Morgan fingerprint density at radius 1 is 1.47 bits per heavy atom. The molecule has 0 bridgehead atoms. The van der Waals surface area contributed by atoms with Crippen LogP contribution in [-0.4, -0.2) is 17.8 Å². The molecule has 15 heavy (non-hydrogen) atoms. The van der Waals surface area contributed by atoms with Gasteiger partial charge in [-0.15, -0.1) is 11.6 Å². The first-order valence-electron chi connectivity index (χ1n) is 5.87. The van der Waals surface area contributed by atoms with Gasteiger partial charge in [-0.05, 0) is 25.2 Å². The van der Waals surface area contributed by atoms with E-state index in [2.05, 4.69) is 26.1 Å². The molecule has 90 valence electrons. The van der Waals surface area contributed by atoms with Crippen LogP contribution in [0.5, 0.6) is 0 Å². The van der Waals surface area contributed by atoms with Crippen LogP contribution in [0.3, 0.4) is 0 Å². The number of amides is 1. The summed E-state index contributed by atoms with van der Waals surface area (Å²) in [7, 11) is 0. The second kappa shape index (κ2) is 7.10. The van der Waals surface area contributed by atoms with E-state index in [0.717, 1.165) is 19.4 Å². The van der Waals surface area contributed by atoms with Crippen LogP contribution in [0.4, 0.5) is 0 Å². The standard InChI is InChI=1S/C12H24ClNO/c1-5-7-8-12(4,6-2)9-14-11(15)10(3)13/h10H,5-9H2,1-4H3,(H,14,15)/t10-,12?/m0/s1. The maximum atomic E-state index is 11.3. The number of halogens is 1. The van der Waals surface area contributed by atoms with Gasteiger partial charge in [-0.1, -0.05) is 33.6 Å². The van der Waals surface area contributed by atoms with Gasteiger partial charge in [-0.3, -0.25) is 4.79 Å². The summed E-state index contributed by atoms with van der Waals surface area (Å²) >= 11 is 5.69. The van der Waals surface area contributed by atoms with Crippen LogP contribution in [0.15, 0.2) is 0 Å². The fourth-order valence-electron chi connectivity index (χ4n) is 1.43. The average Bonchev–Trinajstić information content (AvgIpc) is 2.22. The van der Waals surface area contributed by atoms with Gasteiger partial charge in [-0.25, -0.2) is 0 Å². The Kier molecular flexibility index (Phi) is 6.99. The lowest BCUT2D eigenvalue weighted by Gasteiger charge is -2.28. The van der Waals surface area contributed by atoms with E-state index in [1.54, 1.807) is 6.92 Å². The normalized spacial score (nSPS) is 16.9. The summed E-state index contributed by atoms with van der Waals surface area (Å²) in [6, 6.07) is 0. The molecule has 0 spiro atoms. The van der Waals surface area contributed by atoms with Crippen LogP contribution in [0.25, 0.3) is 0 Å². The second-order valence-electron chi connectivity index (χ2n) is 4.60. The third kappa shape index (κ3) is 6.03. The van der Waals surface area contributed by atoms with E-state index in [0.29, 0.717) is 0 Å². The number of carbonyl (C=O) groups excluding carboxylic acids is 1. The number of rotatable bonds is 7. The summed E-state index contributed by atoms with van der Waals surface area (Å²) in [5, 5.41) is 2.48. The van der Waals surface area contributed by atoms with E-state index in [1.807, 2.05) is 0 Å². The zero-order valence-electron chi connectivity index (χ0n) is 10.4. The minimum atomic E-state index is -0.433. The molecule has 0 rings (SSSR count). The SMILES string of the molecule is CCCCC(C)(CC)CNC(=O)[C@H](C)Cl. The smallest absolute Gasteiger partial charge is 0.237 e. The zero-order chi connectivity index (χ0) is 11.9. The molecule has 1 N–H and O–H groups in total. The summed E-state index contributed by atoms with van der Waals surface area (Å²) in [6.07, 6.45) is 4.67. The Morgan fingerprint density at radius 3 is 2.47 bits per heavy atom. The first kappa shape index (κ1) is 14.8. The number of nitrogens with one attached hydrogen (secondary N) is 1. The largest absolute Gasteiger partial charge is 0.354 e. The van der Waals surface area contributed by atoms with Crippen LogP contribution in [0.1, 0.15) is 53.4 Å². The van der Waals surface area contributed by atoms with Crippen molar-refractivity contribution in [3.05, 3.63) is 0 Å². The van der Waals surface area contributed by atoms with Crippen molar-refractivity contribution in [2.24, 2.45) is 5.41 Å². The van der Waals surface area contributed by atoms with Crippen molar-refractivity contribution in [2.45, 2.75) is 58.8 Å². The molecule has 0 aliphatic rings. The first-order valence-corrected chi connectivity index (χ1v) is 6.30. The second-order valence-corrected chi connectivity index (χ2v) is 5.26. The van der Waals surface area contributed by atoms with Crippen LogP contribution < -0.4 is 5.32 Å². The third-order valence-electron chi connectivity index (χ3n) is 3.04. The summed E-state index contributed by atoms with van der Waals surface area (Å²) in [5.41, 5.74) is 0.220. The van der Waals surface area contributed by atoms with Gasteiger partial charge in [0.1, 0.15) is 5.38 Å². The molecule has 0 aliphatic carbocycles. The van der Waals surface area contributed by atoms with E-state index in [1.165, 1.54) is 12.8 Å².